The van der Waals surface area contributed by atoms with Gasteiger partial charge in [0, 0.05) is 17.8 Å². The van der Waals surface area contributed by atoms with Crippen LogP contribution >= 0.6 is 11.3 Å². The van der Waals surface area contributed by atoms with Crippen molar-refractivity contribution in [2.75, 3.05) is 0 Å². The first-order valence-corrected chi connectivity index (χ1v) is 8.46. The normalized spacial score (nSPS) is 11.3. The zero-order valence-electron chi connectivity index (χ0n) is 12.9. The lowest BCUT2D eigenvalue weighted by Crippen LogP contribution is -2.24. The number of hydrogen-bond acceptors (Lipinski definition) is 4. The van der Waals surface area contributed by atoms with E-state index in [0.717, 1.165) is 4.88 Å². The van der Waals surface area contributed by atoms with E-state index in [9.17, 15) is 9.59 Å². The van der Waals surface area contributed by atoms with Gasteiger partial charge in [-0.15, -0.1) is 11.3 Å². The summed E-state index contributed by atoms with van der Waals surface area (Å²) in [6, 6.07) is 11.1. The third-order valence-electron chi connectivity index (χ3n) is 3.60. The maximum atomic E-state index is 12.7. The number of thiophene rings is 1. The zero-order valence-corrected chi connectivity index (χ0v) is 13.7. The summed E-state index contributed by atoms with van der Waals surface area (Å²) in [5.41, 5.74) is 0.500. The summed E-state index contributed by atoms with van der Waals surface area (Å²) in [6.07, 6.45) is 4.12. The molecule has 24 heavy (non-hydrogen) atoms. The van der Waals surface area contributed by atoms with Crippen LogP contribution in [0.5, 0.6) is 0 Å². The number of carbonyl (C=O) groups is 1. The summed E-state index contributed by atoms with van der Waals surface area (Å²) in [5, 5.41) is 11.3. The number of hydrogen-bond donors (Lipinski definition) is 1. The van der Waals surface area contributed by atoms with Crippen LogP contribution in [0.15, 0.2) is 46.6 Å². The predicted molar refractivity (Wildman–Crippen MR) is 96.1 cm³/mol. The van der Waals surface area contributed by atoms with Crippen molar-refractivity contribution >= 4 is 40.4 Å². The van der Waals surface area contributed by atoms with Gasteiger partial charge in [0.2, 0.25) is 0 Å². The van der Waals surface area contributed by atoms with Crippen molar-refractivity contribution in [3.63, 3.8) is 0 Å². The van der Waals surface area contributed by atoms with Crippen molar-refractivity contribution in [1.29, 1.82) is 0 Å². The van der Waals surface area contributed by atoms with E-state index in [4.69, 9.17) is 5.11 Å². The number of nitrogens with zero attached hydrogens (tertiary/aromatic N) is 2. The zero-order chi connectivity index (χ0) is 16.9. The molecule has 122 valence electrons. The molecule has 6 heteroatoms. The molecular weight excluding hydrogens is 324 g/mol. The van der Waals surface area contributed by atoms with Crippen molar-refractivity contribution < 1.29 is 9.90 Å². The monoisotopic (exact) mass is 340 g/mol. The number of carboxylic acids is 1. The van der Waals surface area contributed by atoms with Gasteiger partial charge in [-0.05, 0) is 42.2 Å². The smallest absolute Gasteiger partial charge is 0.303 e. The lowest BCUT2D eigenvalue weighted by atomic mass is 10.2. The summed E-state index contributed by atoms with van der Waals surface area (Å²) >= 11 is 1.60. The Morgan fingerprint density at radius 3 is 2.79 bits per heavy atom. The van der Waals surface area contributed by atoms with Crippen molar-refractivity contribution in [3.8, 4) is 0 Å². The summed E-state index contributed by atoms with van der Waals surface area (Å²) in [7, 11) is 0. The van der Waals surface area contributed by atoms with E-state index in [0.29, 0.717) is 29.7 Å². The van der Waals surface area contributed by atoms with Gasteiger partial charge >= 0.3 is 5.97 Å². The van der Waals surface area contributed by atoms with Crippen LogP contribution in [-0.4, -0.2) is 20.6 Å². The van der Waals surface area contributed by atoms with Gasteiger partial charge in [0.1, 0.15) is 5.82 Å². The number of benzene rings is 1. The molecule has 0 saturated carbocycles. The molecule has 5 nitrogen and oxygen atoms in total. The second kappa shape index (κ2) is 7.23. The Labute approximate surface area is 142 Å². The number of aromatic nitrogens is 2. The fraction of sp³-hybridized carbons (Fsp3) is 0.167. The molecular formula is C18H16N2O3S. The summed E-state index contributed by atoms with van der Waals surface area (Å²) in [6.45, 7) is 0.326. The molecule has 2 aromatic heterocycles. The third kappa shape index (κ3) is 3.60. The van der Waals surface area contributed by atoms with Crippen LogP contribution in [0.3, 0.4) is 0 Å². The average molecular weight is 340 g/mol. The standard InChI is InChI=1S/C18H16N2O3S/c21-17(22)8-3-11-20-16(10-9-13-5-4-12-24-13)19-15-7-2-1-6-14(15)18(20)23/h1-2,4-7,9-10,12H,3,8,11H2,(H,21,22)/b10-9-. The Morgan fingerprint density at radius 1 is 1.21 bits per heavy atom. The lowest BCUT2D eigenvalue weighted by molar-refractivity contribution is -0.137. The third-order valence-corrected chi connectivity index (χ3v) is 4.44. The van der Waals surface area contributed by atoms with Crippen molar-refractivity contribution in [2.45, 2.75) is 19.4 Å². The van der Waals surface area contributed by atoms with E-state index in [2.05, 4.69) is 4.98 Å². The summed E-state index contributed by atoms with van der Waals surface area (Å²) in [4.78, 5) is 29.1. The van der Waals surface area contributed by atoms with Gasteiger partial charge in [0.15, 0.2) is 0 Å². The lowest BCUT2D eigenvalue weighted by Gasteiger charge is -2.10. The van der Waals surface area contributed by atoms with Gasteiger partial charge in [0.25, 0.3) is 5.56 Å². The highest BCUT2D eigenvalue weighted by molar-refractivity contribution is 7.10. The number of fused-ring (bicyclic) bond motifs is 1. The fourth-order valence-electron chi connectivity index (χ4n) is 2.46. The molecule has 0 aliphatic carbocycles. The second-order valence-corrected chi connectivity index (χ2v) is 6.27. The minimum atomic E-state index is -0.868. The maximum Gasteiger partial charge on any atom is 0.303 e. The minimum absolute atomic E-state index is 0.0212. The fourth-order valence-corrected chi connectivity index (χ4v) is 3.08. The molecule has 0 aliphatic heterocycles. The van der Waals surface area contributed by atoms with E-state index in [-0.39, 0.29) is 12.0 Å². The molecule has 0 radical (unpaired) electrons. The van der Waals surface area contributed by atoms with Crippen molar-refractivity contribution in [2.24, 2.45) is 0 Å². The van der Waals surface area contributed by atoms with E-state index >= 15 is 0 Å². The first-order valence-electron chi connectivity index (χ1n) is 7.58. The van der Waals surface area contributed by atoms with Crippen molar-refractivity contribution in [3.05, 3.63) is 62.8 Å². The van der Waals surface area contributed by atoms with E-state index in [1.165, 1.54) is 0 Å². The Balaban J connectivity index is 2.03. The van der Waals surface area contributed by atoms with Crippen LogP contribution in [0.2, 0.25) is 0 Å². The Bertz CT molecular complexity index is 943. The highest BCUT2D eigenvalue weighted by atomic mass is 32.1. The molecule has 2 heterocycles. The van der Waals surface area contributed by atoms with E-state index in [1.807, 2.05) is 29.7 Å². The van der Waals surface area contributed by atoms with Gasteiger partial charge in [-0.1, -0.05) is 18.2 Å². The Hall–Kier alpha value is -2.73. The molecule has 0 saturated heterocycles. The number of para-hydroxylation sites is 1. The maximum absolute atomic E-state index is 12.7. The van der Waals surface area contributed by atoms with Crippen LogP contribution in [0.25, 0.3) is 23.1 Å². The van der Waals surface area contributed by atoms with Gasteiger partial charge in [-0.3, -0.25) is 14.2 Å². The van der Waals surface area contributed by atoms with Gasteiger partial charge in [-0.25, -0.2) is 4.98 Å². The van der Waals surface area contributed by atoms with Crippen molar-refractivity contribution in [1.82, 2.24) is 9.55 Å². The van der Waals surface area contributed by atoms with Crippen LogP contribution in [-0.2, 0) is 11.3 Å². The second-order valence-electron chi connectivity index (χ2n) is 5.29. The van der Waals surface area contributed by atoms with Crippen LogP contribution in [0, 0.1) is 0 Å². The SMILES string of the molecule is O=C(O)CCCn1c(/C=C\c2cccs2)nc2ccccc2c1=O. The molecule has 0 fully saturated rings. The number of rotatable bonds is 6. The Kier molecular flexibility index (Phi) is 4.86. The molecule has 0 unspecified atom stereocenters. The molecule has 3 aromatic rings. The highest BCUT2D eigenvalue weighted by Crippen LogP contribution is 2.14. The van der Waals surface area contributed by atoms with E-state index in [1.54, 1.807) is 40.2 Å². The molecule has 1 aromatic carbocycles. The van der Waals surface area contributed by atoms with Gasteiger partial charge in [-0.2, -0.15) is 0 Å². The molecule has 0 atom stereocenters. The quantitative estimate of drug-likeness (QED) is 0.745. The first kappa shape index (κ1) is 16.1. The summed E-state index contributed by atoms with van der Waals surface area (Å²) in [5.74, 6) is -0.329. The van der Waals surface area contributed by atoms with Crippen LogP contribution in [0.1, 0.15) is 23.5 Å². The van der Waals surface area contributed by atoms with Gasteiger partial charge < -0.3 is 5.11 Å². The highest BCUT2D eigenvalue weighted by Gasteiger charge is 2.09. The first-order chi connectivity index (χ1) is 11.6. The minimum Gasteiger partial charge on any atom is -0.481 e. The summed E-state index contributed by atoms with van der Waals surface area (Å²) < 4.78 is 1.55. The molecule has 3 rings (SSSR count). The Morgan fingerprint density at radius 2 is 2.04 bits per heavy atom. The average Bonchev–Trinajstić information content (AvgIpc) is 3.08. The molecule has 1 N–H and O–H groups in total. The molecule has 0 spiro atoms. The molecule has 0 bridgehead atoms. The topological polar surface area (TPSA) is 72.2 Å². The van der Waals surface area contributed by atoms with Crippen LogP contribution in [0.4, 0.5) is 0 Å². The largest absolute Gasteiger partial charge is 0.481 e. The van der Waals surface area contributed by atoms with Crippen LogP contribution < -0.4 is 5.56 Å². The molecule has 0 aliphatic rings. The number of carboxylic acid groups (broad SMARTS) is 1. The molecule has 0 amide bonds. The predicted octanol–water partition coefficient (Wildman–Crippen LogP) is 3.49. The van der Waals surface area contributed by atoms with Gasteiger partial charge in [0.05, 0.1) is 10.9 Å². The number of aliphatic carboxylic acids is 1. The van der Waals surface area contributed by atoms with E-state index < -0.39 is 5.97 Å².